The molecular formula is C25H34N6O4. The topological polar surface area (TPSA) is 115 Å². The van der Waals surface area contributed by atoms with Gasteiger partial charge in [-0.25, -0.2) is 9.80 Å². The molecule has 10 heteroatoms. The standard InChI is InChI=1S/C25H34N6O4/c1-3-31(29-10-5-4-6-11-29)20-9-12-30(24(33)22(20)25(34)35)19-8-7-18(23(26)32)17-21(19)28-15-13-27(2)14-16-28/h7-9,12,17H,3-6,10-11,13-16H2,1-2H3,(H2,26,32)(H,34,35). The Labute approximate surface area is 205 Å². The number of carbonyl (C=O) groups excluding carboxylic acids is 1. The van der Waals surface area contributed by atoms with Gasteiger partial charge < -0.3 is 25.6 Å². The van der Waals surface area contributed by atoms with Crippen molar-refractivity contribution >= 4 is 23.3 Å². The number of aromatic carboxylic acids is 1. The number of carboxylic acids is 1. The third-order valence-electron chi connectivity index (χ3n) is 6.90. The predicted molar refractivity (Wildman–Crippen MR) is 136 cm³/mol. The summed E-state index contributed by atoms with van der Waals surface area (Å²) in [6, 6.07) is 6.64. The lowest BCUT2D eigenvalue weighted by molar-refractivity contribution is 0.0693. The Morgan fingerprint density at radius 2 is 1.69 bits per heavy atom. The second kappa shape index (κ2) is 10.5. The van der Waals surface area contributed by atoms with Crippen LogP contribution in [0.25, 0.3) is 5.69 Å². The number of hydrogen-bond acceptors (Lipinski definition) is 7. The highest BCUT2D eigenvalue weighted by Gasteiger charge is 2.27. The summed E-state index contributed by atoms with van der Waals surface area (Å²) in [4.78, 5) is 42.2. The Kier molecular flexibility index (Phi) is 7.42. The van der Waals surface area contributed by atoms with E-state index in [1.807, 2.05) is 19.0 Å². The molecule has 0 unspecified atom stereocenters. The molecule has 35 heavy (non-hydrogen) atoms. The van der Waals surface area contributed by atoms with E-state index in [1.165, 1.54) is 4.57 Å². The van der Waals surface area contributed by atoms with E-state index in [9.17, 15) is 19.5 Å². The fourth-order valence-electron chi connectivity index (χ4n) is 4.95. The number of carbonyl (C=O) groups is 2. The number of hydrogen-bond donors (Lipinski definition) is 2. The van der Waals surface area contributed by atoms with Crippen molar-refractivity contribution in [3.63, 3.8) is 0 Å². The van der Waals surface area contributed by atoms with Gasteiger partial charge in [-0.3, -0.25) is 14.2 Å². The van der Waals surface area contributed by atoms with Crippen LogP contribution in [0.5, 0.6) is 0 Å². The largest absolute Gasteiger partial charge is 0.477 e. The van der Waals surface area contributed by atoms with Gasteiger partial charge in [0.2, 0.25) is 5.91 Å². The van der Waals surface area contributed by atoms with Gasteiger partial charge in [-0.1, -0.05) is 6.42 Å². The quantitative estimate of drug-likeness (QED) is 0.612. The number of likely N-dealkylation sites (N-methyl/N-ethyl adjacent to an activating group) is 1. The number of aromatic nitrogens is 1. The average Bonchev–Trinajstić information content (AvgIpc) is 2.85. The zero-order valence-electron chi connectivity index (χ0n) is 20.4. The van der Waals surface area contributed by atoms with Gasteiger partial charge >= 0.3 is 5.97 Å². The first-order chi connectivity index (χ1) is 16.8. The number of piperidine rings is 1. The number of hydrazine groups is 1. The molecule has 1 aromatic heterocycles. The highest BCUT2D eigenvalue weighted by Crippen LogP contribution is 2.29. The van der Waals surface area contributed by atoms with Gasteiger partial charge in [-0.15, -0.1) is 0 Å². The van der Waals surface area contributed by atoms with E-state index in [0.717, 1.165) is 45.4 Å². The maximum atomic E-state index is 13.7. The molecule has 0 radical (unpaired) electrons. The second-order valence-corrected chi connectivity index (χ2v) is 9.14. The van der Waals surface area contributed by atoms with Crippen LogP contribution < -0.4 is 21.2 Å². The van der Waals surface area contributed by atoms with Gasteiger partial charge in [-0.05, 0) is 51.1 Å². The van der Waals surface area contributed by atoms with Gasteiger partial charge in [0.25, 0.3) is 5.56 Å². The summed E-state index contributed by atoms with van der Waals surface area (Å²) in [5.74, 6) is -1.81. The highest BCUT2D eigenvalue weighted by molar-refractivity contribution is 5.95. The molecule has 0 aliphatic carbocycles. The first-order valence-electron chi connectivity index (χ1n) is 12.2. The van der Waals surface area contributed by atoms with Crippen LogP contribution in [0.4, 0.5) is 11.4 Å². The fraction of sp³-hybridized carbons (Fsp3) is 0.480. The summed E-state index contributed by atoms with van der Waals surface area (Å²) < 4.78 is 1.37. The van der Waals surface area contributed by atoms with Crippen molar-refractivity contribution in [2.75, 3.05) is 62.8 Å². The monoisotopic (exact) mass is 482 g/mol. The minimum atomic E-state index is -1.26. The van der Waals surface area contributed by atoms with Crippen molar-refractivity contribution < 1.29 is 14.7 Å². The van der Waals surface area contributed by atoms with E-state index < -0.39 is 17.4 Å². The summed E-state index contributed by atoms with van der Waals surface area (Å²) in [5, 5.41) is 14.1. The number of amides is 1. The summed E-state index contributed by atoms with van der Waals surface area (Å²) >= 11 is 0. The SMILES string of the molecule is CCN(c1ccn(-c2ccc(C(N)=O)cc2N2CCN(C)CC2)c(=O)c1C(=O)O)N1CCCCC1. The van der Waals surface area contributed by atoms with Crippen molar-refractivity contribution in [2.24, 2.45) is 5.73 Å². The molecule has 2 saturated heterocycles. The Hall–Kier alpha value is -3.37. The first-order valence-corrected chi connectivity index (χ1v) is 12.2. The number of piperazine rings is 1. The number of nitrogens with two attached hydrogens (primary N) is 1. The lowest BCUT2D eigenvalue weighted by Gasteiger charge is -2.39. The van der Waals surface area contributed by atoms with Crippen molar-refractivity contribution in [3.05, 3.63) is 51.9 Å². The number of benzene rings is 1. The number of anilines is 2. The van der Waals surface area contributed by atoms with E-state index in [-0.39, 0.29) is 5.56 Å². The van der Waals surface area contributed by atoms with Crippen LogP contribution >= 0.6 is 0 Å². The lowest BCUT2D eigenvalue weighted by atomic mass is 10.1. The van der Waals surface area contributed by atoms with Crippen LogP contribution in [0.3, 0.4) is 0 Å². The van der Waals surface area contributed by atoms with Crippen LogP contribution in [-0.2, 0) is 0 Å². The zero-order chi connectivity index (χ0) is 25.1. The Balaban J connectivity index is 1.83. The summed E-state index contributed by atoms with van der Waals surface area (Å²) in [7, 11) is 2.04. The van der Waals surface area contributed by atoms with Crippen molar-refractivity contribution in [3.8, 4) is 5.69 Å². The smallest absolute Gasteiger partial charge is 0.343 e. The highest BCUT2D eigenvalue weighted by atomic mass is 16.4. The maximum Gasteiger partial charge on any atom is 0.343 e. The van der Waals surface area contributed by atoms with E-state index in [4.69, 9.17) is 5.73 Å². The number of nitrogens with zero attached hydrogens (tertiary/aromatic N) is 5. The van der Waals surface area contributed by atoms with Crippen molar-refractivity contribution in [2.45, 2.75) is 26.2 Å². The average molecular weight is 483 g/mol. The molecule has 0 bridgehead atoms. The van der Waals surface area contributed by atoms with Crippen molar-refractivity contribution in [1.29, 1.82) is 0 Å². The Bertz CT molecular complexity index is 1150. The summed E-state index contributed by atoms with van der Waals surface area (Å²) in [6.45, 7) is 7.26. The van der Waals surface area contributed by atoms with E-state index in [2.05, 4.69) is 14.8 Å². The van der Waals surface area contributed by atoms with Crippen LogP contribution in [-0.4, -0.2) is 84.3 Å². The number of carboxylic acid groups (broad SMARTS) is 1. The normalized spacial score (nSPS) is 17.4. The number of pyridine rings is 1. The molecule has 3 N–H and O–H groups in total. The molecule has 2 aliphatic heterocycles. The third-order valence-corrected chi connectivity index (χ3v) is 6.90. The summed E-state index contributed by atoms with van der Waals surface area (Å²) in [5.41, 5.74) is 6.62. The maximum absolute atomic E-state index is 13.7. The zero-order valence-corrected chi connectivity index (χ0v) is 20.4. The van der Waals surface area contributed by atoms with Crippen LogP contribution in [0.2, 0.25) is 0 Å². The van der Waals surface area contributed by atoms with Gasteiger partial charge in [0.05, 0.1) is 17.1 Å². The molecular weight excluding hydrogens is 448 g/mol. The molecule has 0 saturated carbocycles. The van der Waals surface area contributed by atoms with Crippen LogP contribution in [0.1, 0.15) is 46.9 Å². The predicted octanol–water partition coefficient (Wildman–Crippen LogP) is 1.61. The number of primary amides is 1. The molecule has 10 nitrogen and oxygen atoms in total. The van der Waals surface area contributed by atoms with E-state index >= 15 is 0 Å². The van der Waals surface area contributed by atoms with E-state index in [1.54, 1.807) is 30.5 Å². The van der Waals surface area contributed by atoms with Crippen LogP contribution in [0, 0.1) is 0 Å². The van der Waals surface area contributed by atoms with Gasteiger partial charge in [0, 0.05) is 57.6 Å². The van der Waals surface area contributed by atoms with Crippen LogP contribution in [0.15, 0.2) is 35.3 Å². The second-order valence-electron chi connectivity index (χ2n) is 9.14. The van der Waals surface area contributed by atoms with Gasteiger partial charge in [-0.2, -0.15) is 0 Å². The molecule has 188 valence electrons. The Morgan fingerprint density at radius 1 is 1.00 bits per heavy atom. The van der Waals surface area contributed by atoms with Crippen molar-refractivity contribution in [1.82, 2.24) is 14.5 Å². The fourth-order valence-corrected chi connectivity index (χ4v) is 4.95. The van der Waals surface area contributed by atoms with Gasteiger partial charge in [0.15, 0.2) is 0 Å². The minimum Gasteiger partial charge on any atom is -0.477 e. The third kappa shape index (κ3) is 5.03. The Morgan fingerprint density at radius 3 is 2.29 bits per heavy atom. The summed E-state index contributed by atoms with van der Waals surface area (Å²) in [6.07, 6.45) is 4.86. The molecule has 2 aromatic rings. The molecule has 1 amide bonds. The van der Waals surface area contributed by atoms with Gasteiger partial charge in [0.1, 0.15) is 5.56 Å². The molecule has 2 aliphatic rings. The molecule has 2 fully saturated rings. The minimum absolute atomic E-state index is 0.261. The number of rotatable bonds is 7. The molecule has 4 rings (SSSR count). The molecule has 0 spiro atoms. The molecule has 1 aromatic carbocycles. The van der Waals surface area contributed by atoms with E-state index in [0.29, 0.717) is 42.3 Å². The molecule has 0 atom stereocenters. The molecule has 3 heterocycles. The lowest BCUT2D eigenvalue weighted by Crippen LogP contribution is -2.47. The first kappa shape index (κ1) is 24.7.